The van der Waals surface area contributed by atoms with Crippen LogP contribution in [0.3, 0.4) is 0 Å². The maximum atomic E-state index is 5.76. The Morgan fingerprint density at radius 1 is 1.15 bits per heavy atom. The number of aromatic nitrogens is 2. The Labute approximate surface area is 116 Å². The molecule has 3 aromatic rings. The van der Waals surface area contributed by atoms with E-state index in [1.54, 1.807) is 6.20 Å². The third-order valence-corrected chi connectivity index (χ3v) is 3.71. The lowest BCUT2D eigenvalue weighted by molar-refractivity contribution is 0.577. The second-order valence-corrected chi connectivity index (χ2v) is 5.23. The fourth-order valence-corrected chi connectivity index (χ4v) is 2.53. The van der Waals surface area contributed by atoms with Crippen LogP contribution >= 0.6 is 0 Å². The van der Waals surface area contributed by atoms with E-state index in [4.69, 9.17) is 4.42 Å². The number of anilines is 1. The number of oxazole rings is 1. The second kappa shape index (κ2) is 4.63. The summed E-state index contributed by atoms with van der Waals surface area (Å²) in [5.74, 6) is 0.647. The molecule has 4 heteroatoms. The van der Waals surface area contributed by atoms with Gasteiger partial charge in [-0.15, -0.1) is 0 Å². The number of rotatable bonds is 4. The van der Waals surface area contributed by atoms with Gasteiger partial charge in [0.25, 0.3) is 6.01 Å². The van der Waals surface area contributed by atoms with E-state index in [1.807, 2.05) is 36.5 Å². The number of hydrogen-bond donors (Lipinski definition) is 1. The molecule has 0 saturated heterocycles. The number of pyridine rings is 1. The molecule has 2 aromatic heterocycles. The number of nitrogens with zero attached hydrogens (tertiary/aromatic N) is 2. The zero-order chi connectivity index (χ0) is 13.4. The van der Waals surface area contributed by atoms with Gasteiger partial charge in [-0.05, 0) is 42.5 Å². The molecule has 1 aliphatic rings. The summed E-state index contributed by atoms with van der Waals surface area (Å²) in [7, 11) is 0. The van der Waals surface area contributed by atoms with Crippen LogP contribution in [0, 0.1) is 5.92 Å². The van der Waals surface area contributed by atoms with E-state index in [0.29, 0.717) is 11.9 Å². The molecule has 4 rings (SSSR count). The van der Waals surface area contributed by atoms with Crippen molar-refractivity contribution in [3.8, 4) is 0 Å². The van der Waals surface area contributed by atoms with Gasteiger partial charge in [0, 0.05) is 12.4 Å². The fourth-order valence-electron chi connectivity index (χ4n) is 2.53. The highest BCUT2D eigenvalue weighted by Crippen LogP contribution is 2.42. The van der Waals surface area contributed by atoms with Crippen LogP contribution in [0.1, 0.15) is 24.4 Å². The summed E-state index contributed by atoms with van der Waals surface area (Å²) in [6, 6.07) is 12.7. The van der Waals surface area contributed by atoms with Crippen LogP contribution in [-0.2, 0) is 0 Å². The Kier molecular flexibility index (Phi) is 2.66. The van der Waals surface area contributed by atoms with Crippen LogP contribution in [0.25, 0.3) is 11.1 Å². The molecule has 0 radical (unpaired) electrons. The molecule has 100 valence electrons. The number of fused-ring (bicyclic) bond motifs is 1. The predicted molar refractivity (Wildman–Crippen MR) is 77.3 cm³/mol. The summed E-state index contributed by atoms with van der Waals surface area (Å²) >= 11 is 0. The summed E-state index contributed by atoms with van der Waals surface area (Å²) in [5, 5.41) is 3.43. The zero-order valence-corrected chi connectivity index (χ0v) is 11.0. The van der Waals surface area contributed by atoms with Gasteiger partial charge in [-0.1, -0.05) is 18.2 Å². The molecule has 1 N–H and O–H groups in total. The molecule has 2 heterocycles. The van der Waals surface area contributed by atoms with Gasteiger partial charge in [0.05, 0.1) is 6.04 Å². The number of benzene rings is 1. The number of para-hydroxylation sites is 2. The van der Waals surface area contributed by atoms with Crippen molar-refractivity contribution in [3.63, 3.8) is 0 Å². The first-order valence-electron chi connectivity index (χ1n) is 6.92. The van der Waals surface area contributed by atoms with Crippen LogP contribution in [0.5, 0.6) is 0 Å². The average molecular weight is 265 g/mol. The highest BCUT2D eigenvalue weighted by Gasteiger charge is 2.33. The van der Waals surface area contributed by atoms with Gasteiger partial charge >= 0.3 is 0 Å². The summed E-state index contributed by atoms with van der Waals surface area (Å²) < 4.78 is 5.76. The highest BCUT2D eigenvalue weighted by atomic mass is 16.4. The number of nitrogens with one attached hydrogen (secondary N) is 1. The van der Waals surface area contributed by atoms with E-state index in [1.165, 1.54) is 18.4 Å². The molecule has 0 spiro atoms. The van der Waals surface area contributed by atoms with Crippen LogP contribution in [0.4, 0.5) is 6.01 Å². The molecule has 0 aliphatic heterocycles. The monoisotopic (exact) mass is 265 g/mol. The van der Waals surface area contributed by atoms with Crippen LogP contribution in [0.15, 0.2) is 53.2 Å². The third-order valence-electron chi connectivity index (χ3n) is 3.71. The van der Waals surface area contributed by atoms with Crippen LogP contribution in [-0.4, -0.2) is 9.97 Å². The average Bonchev–Trinajstić information content (AvgIpc) is 3.25. The third kappa shape index (κ3) is 2.13. The lowest BCUT2D eigenvalue weighted by Crippen LogP contribution is -2.13. The molecule has 20 heavy (non-hydrogen) atoms. The van der Waals surface area contributed by atoms with Gasteiger partial charge < -0.3 is 9.73 Å². The first-order valence-corrected chi connectivity index (χ1v) is 6.92. The van der Waals surface area contributed by atoms with E-state index in [-0.39, 0.29) is 6.04 Å². The van der Waals surface area contributed by atoms with Gasteiger partial charge in [0.1, 0.15) is 5.52 Å². The fraction of sp³-hybridized carbons (Fsp3) is 0.250. The van der Waals surface area contributed by atoms with Crippen molar-refractivity contribution in [2.45, 2.75) is 18.9 Å². The van der Waals surface area contributed by atoms with Gasteiger partial charge in [-0.2, -0.15) is 4.98 Å². The standard InChI is InChI=1S/C16H15N3O/c1-2-6-14-13(5-1)18-16(20-14)19-15(11-7-8-11)12-4-3-9-17-10-12/h1-6,9-11,15H,7-8H2,(H,18,19). The summed E-state index contributed by atoms with van der Waals surface area (Å²) in [4.78, 5) is 8.70. The van der Waals surface area contributed by atoms with Gasteiger partial charge in [-0.3, -0.25) is 4.98 Å². The van der Waals surface area contributed by atoms with E-state index in [0.717, 1.165) is 11.1 Å². The van der Waals surface area contributed by atoms with Crippen molar-refractivity contribution in [1.82, 2.24) is 9.97 Å². The Bertz CT molecular complexity index is 686. The van der Waals surface area contributed by atoms with Crippen molar-refractivity contribution >= 4 is 17.1 Å². The van der Waals surface area contributed by atoms with Crippen molar-refractivity contribution in [2.75, 3.05) is 5.32 Å². The minimum Gasteiger partial charge on any atom is -0.424 e. The van der Waals surface area contributed by atoms with Crippen molar-refractivity contribution in [1.29, 1.82) is 0 Å². The van der Waals surface area contributed by atoms with Crippen molar-refractivity contribution in [2.24, 2.45) is 5.92 Å². The first-order chi connectivity index (χ1) is 9.90. The highest BCUT2D eigenvalue weighted by molar-refractivity contribution is 5.74. The molecule has 1 fully saturated rings. The molecular weight excluding hydrogens is 250 g/mol. The zero-order valence-electron chi connectivity index (χ0n) is 11.0. The second-order valence-electron chi connectivity index (χ2n) is 5.23. The summed E-state index contributed by atoms with van der Waals surface area (Å²) in [6.07, 6.45) is 6.20. The molecule has 1 aromatic carbocycles. The molecule has 0 bridgehead atoms. The normalized spacial score (nSPS) is 16.2. The molecule has 1 aliphatic carbocycles. The maximum Gasteiger partial charge on any atom is 0.296 e. The topological polar surface area (TPSA) is 51.0 Å². The van der Waals surface area contributed by atoms with Crippen molar-refractivity contribution < 1.29 is 4.42 Å². The van der Waals surface area contributed by atoms with Gasteiger partial charge in [0.2, 0.25) is 0 Å². The largest absolute Gasteiger partial charge is 0.424 e. The molecule has 1 saturated carbocycles. The molecular formula is C16H15N3O. The Morgan fingerprint density at radius 3 is 2.80 bits per heavy atom. The summed E-state index contributed by atoms with van der Waals surface area (Å²) in [5.41, 5.74) is 2.89. The van der Waals surface area contributed by atoms with E-state index in [2.05, 4.69) is 21.4 Å². The molecule has 1 atom stereocenters. The minimum absolute atomic E-state index is 0.233. The summed E-state index contributed by atoms with van der Waals surface area (Å²) in [6.45, 7) is 0. The van der Waals surface area contributed by atoms with Gasteiger partial charge in [-0.25, -0.2) is 0 Å². The lowest BCUT2D eigenvalue weighted by Gasteiger charge is -2.16. The van der Waals surface area contributed by atoms with Crippen LogP contribution in [0.2, 0.25) is 0 Å². The smallest absolute Gasteiger partial charge is 0.296 e. The van der Waals surface area contributed by atoms with Crippen LogP contribution < -0.4 is 5.32 Å². The Morgan fingerprint density at radius 2 is 2.05 bits per heavy atom. The van der Waals surface area contributed by atoms with E-state index < -0.39 is 0 Å². The van der Waals surface area contributed by atoms with E-state index >= 15 is 0 Å². The molecule has 1 unspecified atom stereocenters. The Hall–Kier alpha value is -2.36. The SMILES string of the molecule is c1cncc(C(Nc2nc3ccccc3o2)C2CC2)c1. The quantitative estimate of drug-likeness (QED) is 0.779. The van der Waals surface area contributed by atoms with E-state index in [9.17, 15) is 0 Å². The lowest BCUT2D eigenvalue weighted by atomic mass is 10.1. The van der Waals surface area contributed by atoms with Gasteiger partial charge in [0.15, 0.2) is 5.58 Å². The first kappa shape index (κ1) is 11.5. The molecule has 0 amide bonds. The minimum atomic E-state index is 0.233. The predicted octanol–water partition coefficient (Wildman–Crippen LogP) is 3.79. The van der Waals surface area contributed by atoms with Crippen molar-refractivity contribution in [3.05, 3.63) is 54.4 Å². The number of hydrogen-bond acceptors (Lipinski definition) is 4. The maximum absolute atomic E-state index is 5.76. The Balaban J connectivity index is 1.65. The molecule has 4 nitrogen and oxygen atoms in total.